The van der Waals surface area contributed by atoms with Crippen molar-refractivity contribution in [2.24, 2.45) is 5.92 Å². The van der Waals surface area contributed by atoms with Gasteiger partial charge in [-0.3, -0.25) is 9.59 Å². The van der Waals surface area contributed by atoms with Gasteiger partial charge in [-0.05, 0) is 67.1 Å². The molecular formula is C32H32N2O8S. The van der Waals surface area contributed by atoms with E-state index in [0.29, 0.717) is 6.42 Å². The van der Waals surface area contributed by atoms with Crippen LogP contribution < -0.4 is 10.1 Å². The number of ether oxygens (including phenoxy) is 2. The second-order valence-electron chi connectivity index (χ2n) is 10.2. The number of carboxylic acid groups (broad SMARTS) is 1. The van der Waals surface area contributed by atoms with E-state index < -0.39 is 36.0 Å². The molecule has 1 aliphatic rings. The number of aromatic hydroxyl groups is 1. The Morgan fingerprint density at radius 1 is 0.953 bits per heavy atom. The molecule has 0 spiro atoms. The van der Waals surface area contributed by atoms with Gasteiger partial charge in [0.05, 0.1) is 23.5 Å². The minimum atomic E-state index is -1.10. The molecule has 0 aromatic heterocycles. The van der Waals surface area contributed by atoms with E-state index in [0.717, 1.165) is 16.7 Å². The molecule has 11 heteroatoms. The van der Waals surface area contributed by atoms with Crippen LogP contribution in [0.4, 0.5) is 4.79 Å². The molecule has 10 nitrogen and oxygen atoms in total. The fourth-order valence-corrected chi connectivity index (χ4v) is 5.32. The zero-order valence-corrected chi connectivity index (χ0v) is 24.3. The van der Waals surface area contributed by atoms with Crippen molar-refractivity contribution >= 4 is 41.0 Å². The standard InChI is InChI=1S/C32H32N2O8S/c1-20(35)26(17-21-7-13-25(14-8-21)42-32(40)41-19-22-5-3-2-4-6-22)30(43)33-18-29(37)34-27(15-16-28(34)31(38)39)23-9-11-24(36)12-10-23/h2-14,26-28,36H,15-19H2,1H3,(H,33,43)(H,38,39)/t26?,27?,28-/m0/s1. The van der Waals surface area contributed by atoms with E-state index in [2.05, 4.69) is 5.32 Å². The topological polar surface area (TPSA) is 142 Å². The van der Waals surface area contributed by atoms with E-state index in [9.17, 15) is 29.4 Å². The normalized spacial score (nSPS) is 16.6. The fraction of sp³-hybridized carbons (Fsp3) is 0.281. The van der Waals surface area contributed by atoms with Crippen LogP contribution in [0.15, 0.2) is 78.9 Å². The summed E-state index contributed by atoms with van der Waals surface area (Å²) in [5.74, 6) is -2.16. The molecule has 0 saturated carbocycles. The highest BCUT2D eigenvalue weighted by Gasteiger charge is 2.41. The Kier molecular flexibility index (Phi) is 10.4. The van der Waals surface area contributed by atoms with Crippen LogP contribution in [0.1, 0.15) is 42.5 Å². The molecule has 1 heterocycles. The third kappa shape index (κ3) is 8.39. The number of hydrogen-bond donors (Lipinski definition) is 3. The van der Waals surface area contributed by atoms with E-state index in [1.165, 1.54) is 24.0 Å². The Labute approximate surface area is 254 Å². The largest absolute Gasteiger partial charge is 0.514 e. The van der Waals surface area contributed by atoms with Crippen LogP contribution >= 0.6 is 12.2 Å². The van der Waals surface area contributed by atoms with Gasteiger partial charge < -0.3 is 29.9 Å². The molecule has 43 heavy (non-hydrogen) atoms. The zero-order valence-electron chi connectivity index (χ0n) is 23.5. The first-order chi connectivity index (χ1) is 20.6. The molecule has 1 aliphatic heterocycles. The molecule has 0 aliphatic carbocycles. The van der Waals surface area contributed by atoms with E-state index in [1.54, 1.807) is 36.4 Å². The van der Waals surface area contributed by atoms with Gasteiger partial charge in [-0.1, -0.05) is 66.8 Å². The average Bonchev–Trinajstić information content (AvgIpc) is 3.45. The summed E-state index contributed by atoms with van der Waals surface area (Å²) in [6.07, 6.45) is 0.144. The molecule has 3 aromatic carbocycles. The molecule has 3 N–H and O–H groups in total. The smallest absolute Gasteiger partial charge is 0.508 e. The third-order valence-electron chi connectivity index (χ3n) is 7.22. The van der Waals surface area contributed by atoms with Gasteiger partial charge >= 0.3 is 12.1 Å². The Hall–Kier alpha value is -4.77. The van der Waals surface area contributed by atoms with Crippen LogP contribution in [0.3, 0.4) is 0 Å². The molecule has 1 fully saturated rings. The summed E-state index contributed by atoms with van der Waals surface area (Å²) in [6.45, 7) is 1.21. The van der Waals surface area contributed by atoms with E-state index in [-0.39, 0.29) is 48.3 Å². The molecule has 4 rings (SSSR count). The first kappa shape index (κ1) is 31.2. The third-order valence-corrected chi connectivity index (χ3v) is 7.65. The monoisotopic (exact) mass is 604 g/mol. The van der Waals surface area contributed by atoms with Crippen LogP contribution in [0, 0.1) is 5.92 Å². The molecule has 0 radical (unpaired) electrons. The summed E-state index contributed by atoms with van der Waals surface area (Å²) < 4.78 is 10.3. The lowest BCUT2D eigenvalue weighted by Crippen LogP contribution is -2.47. The molecule has 3 atom stereocenters. The minimum Gasteiger partial charge on any atom is -0.508 e. The van der Waals surface area contributed by atoms with Crippen LogP contribution in [-0.4, -0.2) is 56.5 Å². The van der Waals surface area contributed by atoms with Crippen molar-refractivity contribution in [2.75, 3.05) is 6.54 Å². The van der Waals surface area contributed by atoms with Crippen molar-refractivity contribution in [2.45, 2.75) is 44.9 Å². The van der Waals surface area contributed by atoms with Crippen molar-refractivity contribution < 1.29 is 38.9 Å². The molecular weight excluding hydrogens is 572 g/mol. The second kappa shape index (κ2) is 14.4. The summed E-state index contributed by atoms with van der Waals surface area (Å²) in [6, 6.07) is 20.6. The summed E-state index contributed by atoms with van der Waals surface area (Å²) in [5.41, 5.74) is 2.30. The number of aliphatic carboxylic acids is 1. The summed E-state index contributed by atoms with van der Waals surface area (Å²) >= 11 is 5.48. The maximum atomic E-state index is 13.3. The fourth-order valence-electron chi connectivity index (χ4n) is 4.99. The number of nitrogens with one attached hydrogen (secondary N) is 1. The highest BCUT2D eigenvalue weighted by Crippen LogP contribution is 2.37. The first-order valence-electron chi connectivity index (χ1n) is 13.7. The molecule has 3 aromatic rings. The van der Waals surface area contributed by atoms with Gasteiger partial charge in [-0.25, -0.2) is 9.59 Å². The number of carboxylic acids is 1. The first-order valence-corrected chi connectivity index (χ1v) is 14.1. The number of carbonyl (C=O) groups is 4. The molecule has 1 saturated heterocycles. The van der Waals surface area contributed by atoms with Crippen molar-refractivity contribution in [3.8, 4) is 11.5 Å². The molecule has 2 unspecified atom stereocenters. The van der Waals surface area contributed by atoms with Gasteiger partial charge in [0.2, 0.25) is 5.91 Å². The quantitative estimate of drug-likeness (QED) is 0.162. The van der Waals surface area contributed by atoms with Gasteiger partial charge in [0.1, 0.15) is 29.9 Å². The lowest BCUT2D eigenvalue weighted by molar-refractivity contribution is -0.149. The second-order valence-corrected chi connectivity index (χ2v) is 10.6. The van der Waals surface area contributed by atoms with Gasteiger partial charge in [0.15, 0.2) is 0 Å². The van der Waals surface area contributed by atoms with Crippen LogP contribution in [0.25, 0.3) is 0 Å². The summed E-state index contributed by atoms with van der Waals surface area (Å²) in [7, 11) is 0. The van der Waals surface area contributed by atoms with Gasteiger partial charge in [-0.15, -0.1) is 0 Å². The number of thiocarbonyl (C=S) groups is 1. The molecule has 224 valence electrons. The highest BCUT2D eigenvalue weighted by atomic mass is 32.1. The van der Waals surface area contributed by atoms with Gasteiger partial charge in [0, 0.05) is 0 Å². The van der Waals surface area contributed by atoms with Crippen LogP contribution in [-0.2, 0) is 32.1 Å². The molecule has 1 amide bonds. The number of Topliss-reactive ketones (excluding diaryl/α,β-unsaturated/α-hetero) is 1. The van der Waals surface area contributed by atoms with Crippen molar-refractivity contribution in [1.29, 1.82) is 0 Å². The van der Waals surface area contributed by atoms with E-state index >= 15 is 0 Å². The Balaban J connectivity index is 1.33. The number of carbonyl (C=O) groups excluding carboxylic acids is 3. The number of amides is 1. The predicted octanol–water partition coefficient (Wildman–Crippen LogP) is 4.59. The number of benzene rings is 3. The summed E-state index contributed by atoms with van der Waals surface area (Å²) in [5, 5.41) is 22.2. The van der Waals surface area contributed by atoms with Gasteiger partial charge in [-0.2, -0.15) is 0 Å². The number of rotatable bonds is 11. The highest BCUT2D eigenvalue weighted by molar-refractivity contribution is 7.80. The lowest BCUT2D eigenvalue weighted by atomic mass is 9.95. The Morgan fingerprint density at radius 3 is 2.26 bits per heavy atom. The SMILES string of the molecule is CC(=O)C(Cc1ccc(OC(=O)OCc2ccccc2)cc1)C(=S)NCC(=O)N1C(c2ccc(O)cc2)CC[C@H]1C(=O)O. The van der Waals surface area contributed by atoms with Crippen LogP contribution in [0.2, 0.25) is 0 Å². The van der Waals surface area contributed by atoms with E-state index in [4.69, 9.17) is 21.7 Å². The lowest BCUT2D eigenvalue weighted by Gasteiger charge is -2.29. The Morgan fingerprint density at radius 2 is 1.63 bits per heavy atom. The van der Waals surface area contributed by atoms with E-state index in [1.807, 2.05) is 30.3 Å². The number of nitrogens with zero attached hydrogens (tertiary/aromatic N) is 1. The minimum absolute atomic E-state index is 0.0696. The maximum Gasteiger partial charge on any atom is 0.514 e. The number of ketones is 1. The Bertz CT molecular complexity index is 1460. The molecule has 0 bridgehead atoms. The number of phenolic OH excluding ortho intramolecular Hbond substituents is 1. The predicted molar refractivity (Wildman–Crippen MR) is 161 cm³/mol. The van der Waals surface area contributed by atoms with Crippen molar-refractivity contribution in [1.82, 2.24) is 10.2 Å². The maximum absolute atomic E-state index is 13.3. The number of hydrogen-bond acceptors (Lipinski definition) is 8. The van der Waals surface area contributed by atoms with Crippen LogP contribution in [0.5, 0.6) is 11.5 Å². The average molecular weight is 605 g/mol. The zero-order chi connectivity index (χ0) is 30.9. The van der Waals surface area contributed by atoms with Crippen molar-refractivity contribution in [3.63, 3.8) is 0 Å². The number of phenols is 1. The summed E-state index contributed by atoms with van der Waals surface area (Å²) in [4.78, 5) is 51.2. The van der Waals surface area contributed by atoms with Gasteiger partial charge in [0.25, 0.3) is 0 Å². The number of likely N-dealkylation sites (tertiary alicyclic amines) is 1. The van der Waals surface area contributed by atoms with Crippen molar-refractivity contribution in [3.05, 3.63) is 95.6 Å².